The van der Waals surface area contributed by atoms with Gasteiger partial charge in [0.2, 0.25) is 0 Å². The zero-order chi connectivity index (χ0) is 27.0. The Morgan fingerprint density at radius 3 is 2.58 bits per heavy atom. The third kappa shape index (κ3) is 3.73. The van der Waals surface area contributed by atoms with Gasteiger partial charge in [0.15, 0.2) is 0 Å². The Morgan fingerprint density at radius 2 is 1.92 bits per heavy atom. The van der Waals surface area contributed by atoms with Crippen LogP contribution in [0.25, 0.3) is 22.6 Å². The number of hydrogen-bond acceptors (Lipinski definition) is 6. The summed E-state index contributed by atoms with van der Waals surface area (Å²) in [5.41, 5.74) is -1.45. The number of anilines is 1. The third-order valence-corrected chi connectivity index (χ3v) is 7.83. The molecule has 1 aromatic carbocycles. The van der Waals surface area contributed by atoms with Crippen LogP contribution in [-0.4, -0.2) is 42.3 Å². The van der Waals surface area contributed by atoms with Gasteiger partial charge < -0.3 is 10.0 Å². The van der Waals surface area contributed by atoms with Crippen molar-refractivity contribution in [1.82, 2.24) is 18.5 Å². The molecule has 1 saturated carbocycles. The van der Waals surface area contributed by atoms with Gasteiger partial charge in [-0.3, -0.25) is 13.8 Å². The number of rotatable bonds is 4. The van der Waals surface area contributed by atoms with E-state index in [1.807, 2.05) is 11.0 Å². The van der Waals surface area contributed by atoms with E-state index in [-0.39, 0.29) is 34.2 Å². The van der Waals surface area contributed by atoms with Gasteiger partial charge in [0.1, 0.15) is 29.6 Å². The van der Waals surface area contributed by atoms with E-state index in [4.69, 9.17) is 23.2 Å². The molecule has 1 spiro atoms. The number of nitriles is 1. The summed E-state index contributed by atoms with van der Waals surface area (Å²) in [5, 5.41) is 20.2. The number of imidazole rings is 1. The highest BCUT2D eigenvalue weighted by Crippen LogP contribution is 2.55. The first-order chi connectivity index (χ1) is 18.0. The second-order valence-corrected chi connectivity index (χ2v) is 11.2. The maximum Gasteiger partial charge on any atom is 0.339 e. The van der Waals surface area contributed by atoms with Crippen molar-refractivity contribution in [3.05, 3.63) is 79.4 Å². The molecule has 4 aromatic rings. The fourth-order valence-electron chi connectivity index (χ4n) is 6.10. The molecule has 0 atom stereocenters. The molecule has 12 heteroatoms. The molecule has 6 rings (SSSR count). The summed E-state index contributed by atoms with van der Waals surface area (Å²) in [5.74, 6) is -0.232. The summed E-state index contributed by atoms with van der Waals surface area (Å²) in [6, 6.07) is 9.12. The van der Waals surface area contributed by atoms with Crippen LogP contribution in [0.1, 0.15) is 19.8 Å². The third-order valence-electron chi connectivity index (χ3n) is 7.30. The lowest BCUT2D eigenvalue weighted by molar-refractivity contribution is -0.127. The first-order valence-corrected chi connectivity index (χ1v) is 12.6. The summed E-state index contributed by atoms with van der Waals surface area (Å²) in [6.07, 6.45) is 4.15. The SMILES string of the molecule is CC1(O)CC2(CN(c3c(-c4ccc(F)c(Cl)c4)c(=O)n(-c4cnc5cc(Cl)ccn45)c(=O)n3CC#N)C2)C1. The maximum atomic E-state index is 14.2. The van der Waals surface area contributed by atoms with Crippen molar-refractivity contribution in [3.8, 4) is 23.0 Å². The zero-order valence-corrected chi connectivity index (χ0v) is 21.7. The predicted molar refractivity (Wildman–Crippen MR) is 141 cm³/mol. The summed E-state index contributed by atoms with van der Waals surface area (Å²) >= 11 is 12.2. The van der Waals surface area contributed by atoms with Crippen LogP contribution in [0.5, 0.6) is 0 Å². The average Bonchev–Trinajstić information content (AvgIpc) is 3.22. The van der Waals surface area contributed by atoms with Crippen molar-refractivity contribution in [2.24, 2.45) is 5.41 Å². The van der Waals surface area contributed by atoms with Crippen LogP contribution in [0.15, 0.2) is 52.3 Å². The molecule has 194 valence electrons. The number of pyridine rings is 1. The van der Waals surface area contributed by atoms with E-state index in [1.54, 1.807) is 29.7 Å². The molecule has 0 amide bonds. The van der Waals surface area contributed by atoms with Crippen LogP contribution in [0.4, 0.5) is 10.2 Å². The Morgan fingerprint density at radius 1 is 1.18 bits per heavy atom. The minimum atomic E-state index is -0.749. The second kappa shape index (κ2) is 8.43. The molecule has 38 heavy (non-hydrogen) atoms. The Bertz CT molecular complexity index is 1790. The highest BCUT2D eigenvalue weighted by atomic mass is 35.5. The lowest BCUT2D eigenvalue weighted by Gasteiger charge is -2.62. The Labute approximate surface area is 225 Å². The molecule has 1 aliphatic heterocycles. The topological polar surface area (TPSA) is 109 Å². The second-order valence-electron chi connectivity index (χ2n) is 10.4. The standard InChI is InChI=1S/C26H21Cl2FN6O3/c1-25(38)11-26(12-25)13-32(14-26)22-21(15-2-3-18(29)17(28)8-15)23(36)35(24(37)34(22)7-5-30)20-10-31-19-9-16(27)4-6-33(19)20/h2-4,6,8-10,38H,7,11-14H2,1H3. The smallest absolute Gasteiger partial charge is 0.339 e. The molecule has 0 unspecified atom stereocenters. The molecular weight excluding hydrogens is 534 g/mol. The molecular formula is C26H21Cl2FN6O3. The van der Waals surface area contributed by atoms with E-state index in [0.29, 0.717) is 42.2 Å². The summed E-state index contributed by atoms with van der Waals surface area (Å²) in [4.78, 5) is 34.2. The van der Waals surface area contributed by atoms with Crippen LogP contribution in [0, 0.1) is 22.6 Å². The lowest BCUT2D eigenvalue weighted by Crippen LogP contribution is -2.68. The van der Waals surface area contributed by atoms with E-state index in [2.05, 4.69) is 4.98 Å². The number of hydrogen-bond donors (Lipinski definition) is 1. The van der Waals surface area contributed by atoms with Crippen molar-refractivity contribution in [2.45, 2.75) is 31.9 Å². The fourth-order valence-corrected chi connectivity index (χ4v) is 6.43. The van der Waals surface area contributed by atoms with Crippen molar-refractivity contribution >= 4 is 34.7 Å². The van der Waals surface area contributed by atoms with Gasteiger partial charge >= 0.3 is 5.69 Å². The van der Waals surface area contributed by atoms with Gasteiger partial charge in [0.05, 0.1) is 28.5 Å². The quantitative estimate of drug-likeness (QED) is 0.412. The minimum Gasteiger partial charge on any atom is -0.390 e. The number of halogens is 3. The van der Waals surface area contributed by atoms with Crippen molar-refractivity contribution in [2.75, 3.05) is 18.0 Å². The van der Waals surface area contributed by atoms with Crippen LogP contribution in [-0.2, 0) is 6.54 Å². The van der Waals surface area contributed by atoms with E-state index >= 15 is 0 Å². The minimum absolute atomic E-state index is 0.103. The molecule has 9 nitrogen and oxygen atoms in total. The monoisotopic (exact) mass is 554 g/mol. The molecule has 0 radical (unpaired) electrons. The molecule has 2 aliphatic rings. The average molecular weight is 555 g/mol. The highest BCUT2D eigenvalue weighted by molar-refractivity contribution is 6.31. The Balaban J connectivity index is 1.62. The summed E-state index contributed by atoms with van der Waals surface area (Å²) in [6.45, 7) is 2.43. The number of aliphatic hydroxyl groups is 1. The normalized spacial score (nSPS) is 17.3. The molecule has 0 bridgehead atoms. The highest BCUT2D eigenvalue weighted by Gasteiger charge is 2.58. The van der Waals surface area contributed by atoms with Crippen LogP contribution in [0.2, 0.25) is 10.0 Å². The van der Waals surface area contributed by atoms with Gasteiger partial charge in [-0.25, -0.2) is 18.7 Å². The van der Waals surface area contributed by atoms with Gasteiger partial charge in [0.25, 0.3) is 5.56 Å². The van der Waals surface area contributed by atoms with E-state index in [9.17, 15) is 24.3 Å². The molecule has 4 heterocycles. The van der Waals surface area contributed by atoms with Gasteiger partial charge in [-0.15, -0.1) is 0 Å². The predicted octanol–water partition coefficient (Wildman–Crippen LogP) is 3.63. The van der Waals surface area contributed by atoms with Crippen molar-refractivity contribution in [3.63, 3.8) is 0 Å². The van der Waals surface area contributed by atoms with E-state index in [0.717, 1.165) is 10.6 Å². The Hall–Kier alpha value is -3.65. The number of fused-ring (bicyclic) bond motifs is 1. The fraction of sp³-hybridized carbons (Fsp3) is 0.308. The van der Waals surface area contributed by atoms with Crippen LogP contribution < -0.4 is 16.1 Å². The van der Waals surface area contributed by atoms with Crippen molar-refractivity contribution in [1.29, 1.82) is 5.26 Å². The molecule has 1 saturated heterocycles. The largest absolute Gasteiger partial charge is 0.390 e. The van der Waals surface area contributed by atoms with Crippen molar-refractivity contribution < 1.29 is 9.50 Å². The van der Waals surface area contributed by atoms with E-state index in [1.165, 1.54) is 22.9 Å². The van der Waals surface area contributed by atoms with Crippen LogP contribution in [0.3, 0.4) is 0 Å². The Kier molecular flexibility index (Phi) is 5.47. The van der Waals surface area contributed by atoms with Gasteiger partial charge in [-0.05, 0) is 43.5 Å². The van der Waals surface area contributed by atoms with Gasteiger partial charge in [-0.1, -0.05) is 29.3 Å². The molecule has 1 aliphatic carbocycles. The van der Waals surface area contributed by atoms with Gasteiger partial charge in [0, 0.05) is 35.8 Å². The van der Waals surface area contributed by atoms with Crippen LogP contribution >= 0.6 is 23.2 Å². The summed E-state index contributed by atoms with van der Waals surface area (Å²) in [7, 11) is 0. The first-order valence-electron chi connectivity index (χ1n) is 11.9. The number of aromatic nitrogens is 4. The lowest BCUT2D eigenvalue weighted by atomic mass is 9.56. The summed E-state index contributed by atoms with van der Waals surface area (Å²) < 4.78 is 17.8. The number of nitrogens with zero attached hydrogens (tertiary/aromatic N) is 6. The number of benzene rings is 1. The van der Waals surface area contributed by atoms with E-state index < -0.39 is 22.7 Å². The van der Waals surface area contributed by atoms with Gasteiger partial charge in [-0.2, -0.15) is 5.26 Å². The first kappa shape index (κ1) is 24.7. The molecule has 1 N–H and O–H groups in total. The maximum absolute atomic E-state index is 14.2. The molecule has 2 fully saturated rings. The molecule has 3 aromatic heterocycles. The zero-order valence-electron chi connectivity index (χ0n) is 20.2.